The molecule has 0 saturated carbocycles. The highest BCUT2D eigenvalue weighted by Crippen LogP contribution is 2.14. The van der Waals surface area contributed by atoms with Gasteiger partial charge in [0.1, 0.15) is 5.75 Å². The van der Waals surface area contributed by atoms with Crippen molar-refractivity contribution in [3.05, 3.63) is 24.3 Å². The van der Waals surface area contributed by atoms with Crippen LogP contribution in [0.3, 0.4) is 0 Å². The van der Waals surface area contributed by atoms with Crippen LogP contribution in [-0.2, 0) is 0 Å². The lowest BCUT2D eigenvalue weighted by Gasteiger charge is -2.03. The molecule has 0 saturated heterocycles. The van der Waals surface area contributed by atoms with Crippen molar-refractivity contribution in [3.63, 3.8) is 0 Å². The maximum Gasteiger partial charge on any atom is 0.119 e. The first-order valence-electron chi connectivity index (χ1n) is 3.85. The first-order chi connectivity index (χ1) is 5.83. The van der Waals surface area contributed by atoms with E-state index < -0.39 is 0 Å². The number of aliphatic hydroxyl groups is 1. The minimum atomic E-state index is 0.171. The van der Waals surface area contributed by atoms with Crippen LogP contribution in [0.25, 0.3) is 0 Å². The van der Waals surface area contributed by atoms with Crippen LogP contribution in [0.1, 0.15) is 6.42 Å². The first-order valence-corrected chi connectivity index (χ1v) is 4.30. The monoisotopic (exact) mass is 184 g/mol. The molecular weight excluding hydrogens is 172 g/mol. The van der Waals surface area contributed by atoms with Crippen molar-refractivity contribution in [3.8, 4) is 5.75 Å². The molecule has 0 radical (unpaired) electrons. The third-order valence-corrected chi connectivity index (χ3v) is 1.71. The molecule has 0 aliphatic carbocycles. The smallest absolute Gasteiger partial charge is 0.119 e. The van der Waals surface area contributed by atoms with Crippen LogP contribution in [0.4, 0.5) is 0 Å². The zero-order valence-corrected chi connectivity index (χ0v) is 7.63. The van der Waals surface area contributed by atoms with E-state index in [2.05, 4.69) is 12.6 Å². The summed E-state index contributed by atoms with van der Waals surface area (Å²) in [5.41, 5.74) is 0. The van der Waals surface area contributed by atoms with Crippen molar-refractivity contribution in [1.82, 2.24) is 0 Å². The molecule has 0 heterocycles. The van der Waals surface area contributed by atoms with Gasteiger partial charge in [-0.3, -0.25) is 0 Å². The van der Waals surface area contributed by atoms with Gasteiger partial charge in [0.05, 0.1) is 6.61 Å². The number of hydrogen-bond acceptors (Lipinski definition) is 3. The number of aliphatic hydroxyl groups excluding tert-OH is 1. The van der Waals surface area contributed by atoms with Crippen molar-refractivity contribution in [1.29, 1.82) is 0 Å². The summed E-state index contributed by atoms with van der Waals surface area (Å²) in [4.78, 5) is 0.921. The largest absolute Gasteiger partial charge is 0.494 e. The molecule has 1 N–H and O–H groups in total. The molecule has 0 spiro atoms. The minimum absolute atomic E-state index is 0.171. The molecule has 66 valence electrons. The first kappa shape index (κ1) is 9.42. The Bertz CT molecular complexity index is 220. The van der Waals surface area contributed by atoms with Gasteiger partial charge < -0.3 is 9.84 Å². The van der Waals surface area contributed by atoms with E-state index in [1.165, 1.54) is 0 Å². The van der Waals surface area contributed by atoms with Crippen LogP contribution in [-0.4, -0.2) is 18.3 Å². The van der Waals surface area contributed by atoms with E-state index in [9.17, 15) is 0 Å². The Hall–Kier alpha value is -0.670. The van der Waals surface area contributed by atoms with Gasteiger partial charge in [-0.05, 0) is 24.3 Å². The summed E-state index contributed by atoms with van der Waals surface area (Å²) in [6.07, 6.45) is 0.669. The Kier molecular flexibility index (Phi) is 3.97. The summed E-state index contributed by atoms with van der Waals surface area (Å²) < 4.78 is 5.31. The van der Waals surface area contributed by atoms with Gasteiger partial charge in [-0.25, -0.2) is 0 Å². The topological polar surface area (TPSA) is 29.5 Å². The van der Waals surface area contributed by atoms with Crippen molar-refractivity contribution < 1.29 is 9.84 Å². The van der Waals surface area contributed by atoms with E-state index in [0.717, 1.165) is 10.6 Å². The Balaban J connectivity index is 2.37. The van der Waals surface area contributed by atoms with Crippen LogP contribution in [0.5, 0.6) is 5.75 Å². The summed E-state index contributed by atoms with van der Waals surface area (Å²) in [7, 11) is 0. The Morgan fingerprint density at radius 1 is 1.25 bits per heavy atom. The van der Waals surface area contributed by atoms with E-state index in [1.807, 2.05) is 24.3 Å². The van der Waals surface area contributed by atoms with E-state index in [1.54, 1.807) is 0 Å². The predicted octanol–water partition coefficient (Wildman–Crippen LogP) is 1.74. The average Bonchev–Trinajstić information content (AvgIpc) is 2.09. The summed E-state index contributed by atoms with van der Waals surface area (Å²) in [5.74, 6) is 0.821. The summed E-state index contributed by atoms with van der Waals surface area (Å²) in [6, 6.07) is 7.47. The number of thiol groups is 1. The second-order valence-electron chi connectivity index (χ2n) is 2.42. The van der Waals surface area contributed by atoms with Crippen molar-refractivity contribution in [2.75, 3.05) is 13.2 Å². The highest BCUT2D eigenvalue weighted by Gasteiger charge is 1.91. The van der Waals surface area contributed by atoms with E-state index in [-0.39, 0.29) is 6.61 Å². The lowest BCUT2D eigenvalue weighted by molar-refractivity contribution is 0.233. The van der Waals surface area contributed by atoms with Crippen LogP contribution < -0.4 is 4.74 Å². The van der Waals surface area contributed by atoms with Crippen LogP contribution >= 0.6 is 12.6 Å². The van der Waals surface area contributed by atoms with E-state index >= 15 is 0 Å². The Morgan fingerprint density at radius 2 is 1.92 bits per heavy atom. The van der Waals surface area contributed by atoms with Crippen LogP contribution in [0, 0.1) is 0 Å². The molecule has 1 aromatic rings. The summed E-state index contributed by atoms with van der Waals surface area (Å²) in [6.45, 7) is 0.729. The minimum Gasteiger partial charge on any atom is -0.494 e. The molecule has 2 nitrogen and oxygen atoms in total. The molecule has 0 bridgehead atoms. The number of ether oxygens (including phenoxy) is 1. The summed E-state index contributed by atoms with van der Waals surface area (Å²) in [5, 5.41) is 8.50. The van der Waals surface area contributed by atoms with Gasteiger partial charge in [0.25, 0.3) is 0 Å². The fourth-order valence-corrected chi connectivity index (χ4v) is 0.946. The maximum absolute atomic E-state index is 8.50. The van der Waals surface area contributed by atoms with Gasteiger partial charge in [-0.2, -0.15) is 0 Å². The van der Waals surface area contributed by atoms with Crippen molar-refractivity contribution in [2.24, 2.45) is 0 Å². The molecule has 0 amide bonds. The Labute approximate surface area is 77.6 Å². The van der Waals surface area contributed by atoms with Gasteiger partial charge in [0, 0.05) is 17.9 Å². The lowest BCUT2D eigenvalue weighted by atomic mass is 10.3. The molecule has 0 fully saturated rings. The van der Waals surface area contributed by atoms with Crippen molar-refractivity contribution >= 4 is 12.6 Å². The second-order valence-corrected chi connectivity index (χ2v) is 2.94. The summed E-state index contributed by atoms with van der Waals surface area (Å²) >= 11 is 4.15. The molecule has 3 heteroatoms. The molecule has 1 aromatic carbocycles. The van der Waals surface area contributed by atoms with Gasteiger partial charge in [-0.15, -0.1) is 12.6 Å². The van der Waals surface area contributed by atoms with Gasteiger partial charge in [-0.1, -0.05) is 0 Å². The van der Waals surface area contributed by atoms with Crippen LogP contribution in [0.2, 0.25) is 0 Å². The molecular formula is C9H12O2S. The molecule has 12 heavy (non-hydrogen) atoms. The molecule has 1 rings (SSSR count). The van der Waals surface area contributed by atoms with Gasteiger partial charge in [0.2, 0.25) is 0 Å². The molecule has 0 atom stereocenters. The molecule has 0 unspecified atom stereocenters. The molecule has 0 aliphatic rings. The number of benzene rings is 1. The fraction of sp³-hybridized carbons (Fsp3) is 0.333. The Morgan fingerprint density at radius 3 is 2.50 bits per heavy atom. The lowest BCUT2D eigenvalue weighted by Crippen LogP contribution is -1.99. The van der Waals surface area contributed by atoms with Crippen LogP contribution in [0.15, 0.2) is 29.2 Å². The maximum atomic E-state index is 8.50. The highest BCUT2D eigenvalue weighted by molar-refractivity contribution is 7.80. The van der Waals surface area contributed by atoms with Crippen molar-refractivity contribution in [2.45, 2.75) is 11.3 Å². The second kappa shape index (κ2) is 5.06. The average molecular weight is 184 g/mol. The van der Waals surface area contributed by atoms with E-state index in [0.29, 0.717) is 13.0 Å². The SMILES string of the molecule is OCCCOc1ccc(S)cc1. The highest BCUT2D eigenvalue weighted by atomic mass is 32.1. The zero-order valence-electron chi connectivity index (χ0n) is 6.73. The zero-order chi connectivity index (χ0) is 8.81. The number of hydrogen-bond donors (Lipinski definition) is 2. The van der Waals surface area contributed by atoms with Gasteiger partial charge in [0.15, 0.2) is 0 Å². The van der Waals surface area contributed by atoms with Gasteiger partial charge >= 0.3 is 0 Å². The van der Waals surface area contributed by atoms with E-state index in [4.69, 9.17) is 9.84 Å². The number of rotatable bonds is 4. The quantitative estimate of drug-likeness (QED) is 0.551. The standard InChI is InChI=1S/C9H12O2S/c10-6-1-7-11-8-2-4-9(12)5-3-8/h2-5,10,12H,1,6-7H2. The third kappa shape index (κ3) is 3.15. The third-order valence-electron chi connectivity index (χ3n) is 1.41. The predicted molar refractivity (Wildman–Crippen MR) is 50.9 cm³/mol. The molecule has 0 aromatic heterocycles. The normalized spacial score (nSPS) is 9.83. The molecule has 0 aliphatic heterocycles. The fourth-order valence-electron chi connectivity index (χ4n) is 0.797.